The maximum Gasteiger partial charge on any atom is 0.343 e. The van der Waals surface area contributed by atoms with Crippen LogP contribution in [0.1, 0.15) is 73.4 Å². The monoisotopic (exact) mass is 840 g/mol. The molecule has 5 rings (SSSR count). The average Bonchev–Trinajstić information content (AvgIpc) is 3.29. The van der Waals surface area contributed by atoms with Gasteiger partial charge in [0.05, 0.1) is 43.1 Å². The van der Waals surface area contributed by atoms with Gasteiger partial charge in [-0.05, 0) is 153 Å². The number of hydrogen-bond acceptors (Lipinski definition) is 12. The zero-order valence-electron chi connectivity index (χ0n) is 34.5. The highest BCUT2D eigenvalue weighted by molar-refractivity contribution is 5.93. The van der Waals surface area contributed by atoms with Crippen molar-refractivity contribution in [3.05, 3.63) is 174 Å². The predicted molar refractivity (Wildman–Crippen MR) is 231 cm³/mol. The number of hydrogen-bond donors (Lipinski definition) is 0. The molecule has 12 nitrogen and oxygen atoms in total. The smallest absolute Gasteiger partial charge is 0.343 e. The van der Waals surface area contributed by atoms with E-state index in [9.17, 15) is 24.0 Å². The number of rotatable bonds is 23. The number of ether oxygens (including phenoxy) is 7. The van der Waals surface area contributed by atoms with E-state index in [1.165, 1.54) is 24.3 Å². The Balaban J connectivity index is 1.01. The minimum absolute atomic E-state index is 0.237. The van der Waals surface area contributed by atoms with Crippen molar-refractivity contribution in [2.75, 3.05) is 26.4 Å². The van der Waals surface area contributed by atoms with Crippen LogP contribution in [0.25, 0.3) is 0 Å². The first-order chi connectivity index (χ1) is 30.1. The molecule has 0 aromatic heterocycles. The standard InChI is InChI=1S/C50H48O12/c1-4-46(51)58-32-8-6-30-56-41-22-14-37(15-23-41)11-10-36-12-16-38(17-13-36)49(54)61-44-28-29-45(35(3)34-44)62-50(55)40-20-26-43(27-21-40)60-48(53)39-18-24-42(25-19-39)57-31-7-9-33-59-47(52)5-2/h4-5,12-29,34H,1-2,6-11,30-33H2,3H3. The molecule has 5 aromatic carbocycles. The van der Waals surface area contributed by atoms with Crippen LogP contribution in [0.3, 0.4) is 0 Å². The molecule has 0 spiro atoms. The second-order valence-corrected chi connectivity index (χ2v) is 13.8. The molecule has 0 aliphatic carbocycles. The van der Waals surface area contributed by atoms with E-state index >= 15 is 0 Å². The molecule has 0 radical (unpaired) electrons. The summed E-state index contributed by atoms with van der Waals surface area (Å²) < 4.78 is 38.0. The largest absolute Gasteiger partial charge is 0.494 e. The number of carbonyl (C=O) groups is 5. The Kier molecular flexibility index (Phi) is 17.6. The second kappa shape index (κ2) is 24.0. The lowest BCUT2D eigenvalue weighted by atomic mass is 10.0. The summed E-state index contributed by atoms with van der Waals surface area (Å²) in [5.74, 6) is -0.415. The number of carbonyl (C=O) groups excluding carboxylic acids is 5. The summed E-state index contributed by atoms with van der Waals surface area (Å²) in [7, 11) is 0. The molecule has 0 unspecified atom stereocenters. The van der Waals surface area contributed by atoms with Crippen LogP contribution in [0.5, 0.6) is 28.7 Å². The summed E-state index contributed by atoms with van der Waals surface area (Å²) in [4.78, 5) is 60.7. The van der Waals surface area contributed by atoms with Crippen molar-refractivity contribution in [1.29, 1.82) is 0 Å². The van der Waals surface area contributed by atoms with Gasteiger partial charge >= 0.3 is 29.8 Å². The van der Waals surface area contributed by atoms with Crippen LogP contribution in [-0.2, 0) is 31.9 Å². The van der Waals surface area contributed by atoms with Gasteiger partial charge in [-0.1, -0.05) is 37.4 Å². The molecule has 5 aromatic rings. The Bertz CT molecular complexity index is 2300. The van der Waals surface area contributed by atoms with E-state index in [2.05, 4.69) is 13.2 Å². The van der Waals surface area contributed by atoms with Gasteiger partial charge < -0.3 is 33.2 Å². The summed E-state index contributed by atoms with van der Waals surface area (Å²) in [5.41, 5.74) is 3.75. The molecule has 0 fully saturated rings. The summed E-state index contributed by atoms with van der Waals surface area (Å²) in [6.07, 6.45) is 6.66. The van der Waals surface area contributed by atoms with Crippen LogP contribution in [0.4, 0.5) is 0 Å². The first-order valence-electron chi connectivity index (χ1n) is 20.1. The first kappa shape index (κ1) is 45.6. The first-order valence-corrected chi connectivity index (χ1v) is 20.1. The number of aryl methyl sites for hydroxylation is 3. The summed E-state index contributed by atoms with van der Waals surface area (Å²) in [6.45, 7) is 10.0. The minimum Gasteiger partial charge on any atom is -0.494 e. The van der Waals surface area contributed by atoms with Gasteiger partial charge in [0.25, 0.3) is 0 Å². The van der Waals surface area contributed by atoms with Crippen LogP contribution in [0, 0.1) is 6.92 Å². The summed E-state index contributed by atoms with van der Waals surface area (Å²) in [6, 6.07) is 32.4. The van der Waals surface area contributed by atoms with Crippen molar-refractivity contribution >= 4 is 29.8 Å². The van der Waals surface area contributed by atoms with Crippen LogP contribution in [0.15, 0.2) is 141 Å². The zero-order valence-corrected chi connectivity index (χ0v) is 34.5. The average molecular weight is 841 g/mol. The van der Waals surface area contributed by atoms with E-state index in [4.69, 9.17) is 33.2 Å². The third-order valence-corrected chi connectivity index (χ3v) is 9.20. The molecule has 320 valence electrons. The van der Waals surface area contributed by atoms with E-state index in [1.807, 2.05) is 36.4 Å². The van der Waals surface area contributed by atoms with Gasteiger partial charge in [-0.2, -0.15) is 0 Å². The molecule has 0 saturated carbocycles. The fraction of sp³-hybridized carbons (Fsp3) is 0.220. The lowest BCUT2D eigenvalue weighted by Gasteiger charge is -2.11. The molecule has 0 aliphatic rings. The highest BCUT2D eigenvalue weighted by Gasteiger charge is 2.15. The van der Waals surface area contributed by atoms with Gasteiger partial charge in [0.15, 0.2) is 0 Å². The van der Waals surface area contributed by atoms with Crippen LogP contribution < -0.4 is 23.7 Å². The fourth-order valence-corrected chi connectivity index (χ4v) is 5.74. The Hall–Kier alpha value is -7.47. The molecule has 0 N–H and O–H groups in total. The van der Waals surface area contributed by atoms with Gasteiger partial charge in [0, 0.05) is 12.2 Å². The van der Waals surface area contributed by atoms with Crippen LogP contribution in [-0.4, -0.2) is 56.3 Å². The van der Waals surface area contributed by atoms with Crippen molar-refractivity contribution in [3.63, 3.8) is 0 Å². The molecular weight excluding hydrogens is 793 g/mol. The fourth-order valence-electron chi connectivity index (χ4n) is 5.74. The third kappa shape index (κ3) is 15.0. The van der Waals surface area contributed by atoms with E-state index in [0.29, 0.717) is 73.0 Å². The molecule has 0 amide bonds. The highest BCUT2D eigenvalue weighted by atomic mass is 16.6. The summed E-state index contributed by atoms with van der Waals surface area (Å²) >= 11 is 0. The number of benzene rings is 5. The van der Waals surface area contributed by atoms with E-state index in [1.54, 1.807) is 61.5 Å². The Morgan fingerprint density at radius 2 is 0.823 bits per heavy atom. The molecule has 0 heterocycles. The van der Waals surface area contributed by atoms with Gasteiger partial charge in [-0.15, -0.1) is 0 Å². The zero-order chi connectivity index (χ0) is 44.1. The second-order valence-electron chi connectivity index (χ2n) is 13.8. The van der Waals surface area contributed by atoms with Gasteiger partial charge in [0.1, 0.15) is 28.7 Å². The molecule has 0 atom stereocenters. The molecule has 62 heavy (non-hydrogen) atoms. The lowest BCUT2D eigenvalue weighted by Crippen LogP contribution is -2.11. The van der Waals surface area contributed by atoms with Gasteiger partial charge in [0.2, 0.25) is 0 Å². The molecule has 0 bridgehead atoms. The van der Waals surface area contributed by atoms with Crippen molar-refractivity contribution in [2.24, 2.45) is 0 Å². The van der Waals surface area contributed by atoms with Crippen LogP contribution in [0.2, 0.25) is 0 Å². The lowest BCUT2D eigenvalue weighted by molar-refractivity contribution is -0.138. The van der Waals surface area contributed by atoms with E-state index in [-0.39, 0.29) is 17.9 Å². The van der Waals surface area contributed by atoms with Crippen molar-refractivity contribution < 1.29 is 57.1 Å². The van der Waals surface area contributed by atoms with Crippen molar-refractivity contribution in [2.45, 2.75) is 45.4 Å². The predicted octanol–water partition coefficient (Wildman–Crippen LogP) is 9.21. The normalized spacial score (nSPS) is 10.5. The quantitative estimate of drug-likeness (QED) is 0.0267. The topological polar surface area (TPSA) is 150 Å². The maximum atomic E-state index is 13.0. The van der Waals surface area contributed by atoms with E-state index < -0.39 is 29.8 Å². The highest BCUT2D eigenvalue weighted by Crippen LogP contribution is 2.26. The minimum atomic E-state index is -0.621. The number of esters is 5. The SMILES string of the molecule is C=CC(=O)OCCCCOc1ccc(CCc2ccc(C(=O)Oc3ccc(OC(=O)c4ccc(OC(=O)c5ccc(OCCCCOC(=O)C=C)cc5)cc4)c(C)c3)cc2)cc1. The molecule has 0 saturated heterocycles. The Morgan fingerprint density at radius 3 is 1.29 bits per heavy atom. The maximum absolute atomic E-state index is 13.0. The van der Waals surface area contributed by atoms with Gasteiger partial charge in [-0.25, -0.2) is 24.0 Å². The van der Waals surface area contributed by atoms with Crippen molar-refractivity contribution in [3.8, 4) is 28.7 Å². The molecular formula is C50H48O12. The third-order valence-electron chi connectivity index (χ3n) is 9.20. The summed E-state index contributed by atoms with van der Waals surface area (Å²) in [5, 5.41) is 0. The Morgan fingerprint density at radius 1 is 0.452 bits per heavy atom. The van der Waals surface area contributed by atoms with Crippen molar-refractivity contribution in [1.82, 2.24) is 0 Å². The number of unbranched alkanes of at least 4 members (excludes halogenated alkanes) is 2. The van der Waals surface area contributed by atoms with E-state index in [0.717, 1.165) is 48.3 Å². The molecule has 0 aliphatic heterocycles. The molecule has 12 heteroatoms. The Labute approximate surface area is 360 Å². The van der Waals surface area contributed by atoms with Crippen LogP contribution >= 0.6 is 0 Å². The van der Waals surface area contributed by atoms with Gasteiger partial charge in [-0.3, -0.25) is 0 Å².